The molecule has 0 heterocycles. The van der Waals surface area contributed by atoms with Crippen LogP contribution in [-0.2, 0) is 17.8 Å². The minimum absolute atomic E-state index is 0.152. The van der Waals surface area contributed by atoms with Crippen LogP contribution in [0.25, 0.3) is 0 Å². The van der Waals surface area contributed by atoms with E-state index in [1.54, 1.807) is 0 Å². The largest absolute Gasteiger partial charge is 0.488 e. The first kappa shape index (κ1) is 30.4. The van der Waals surface area contributed by atoms with Crippen LogP contribution in [0.5, 0.6) is 5.75 Å². The Morgan fingerprint density at radius 2 is 1.44 bits per heavy atom. The molecular weight excluding hydrogens is 424 g/mol. The molecular formula is C29H40N2O3. The number of benzene rings is 3. The third kappa shape index (κ3) is 14.5. The van der Waals surface area contributed by atoms with Crippen LogP contribution in [0.1, 0.15) is 50.8 Å². The van der Waals surface area contributed by atoms with Crippen LogP contribution in [0.15, 0.2) is 78.9 Å². The molecule has 0 radical (unpaired) electrons. The van der Waals surface area contributed by atoms with Crippen LogP contribution in [-0.4, -0.2) is 23.9 Å². The molecule has 34 heavy (non-hydrogen) atoms. The number of aryl methyl sites for hydroxylation is 2. The van der Waals surface area contributed by atoms with Crippen molar-refractivity contribution in [2.45, 2.75) is 54.0 Å². The van der Waals surface area contributed by atoms with Gasteiger partial charge in [0, 0.05) is 24.9 Å². The summed E-state index contributed by atoms with van der Waals surface area (Å²) in [6.07, 6.45) is 1.92. The van der Waals surface area contributed by atoms with Gasteiger partial charge in [0.05, 0.1) is 0 Å². The molecule has 184 valence electrons. The Morgan fingerprint density at radius 1 is 0.882 bits per heavy atom. The van der Waals surface area contributed by atoms with Gasteiger partial charge in [-0.25, -0.2) is 0 Å². The van der Waals surface area contributed by atoms with Gasteiger partial charge in [0.25, 0.3) is 0 Å². The van der Waals surface area contributed by atoms with Crippen LogP contribution in [0.2, 0.25) is 0 Å². The van der Waals surface area contributed by atoms with Crippen molar-refractivity contribution < 1.29 is 14.6 Å². The average molecular weight is 465 g/mol. The summed E-state index contributed by atoms with van der Waals surface area (Å²) in [6.45, 7) is 11.1. The van der Waals surface area contributed by atoms with Crippen molar-refractivity contribution in [3.05, 3.63) is 95.6 Å². The SMILES string of the molecule is CC.CC.Cc1ccccc1.N=CCOc1ccc(CNc2ccc(CCC(=O)O)cc2)cc1. The molecule has 0 aliphatic heterocycles. The molecule has 0 atom stereocenters. The maximum Gasteiger partial charge on any atom is 0.303 e. The van der Waals surface area contributed by atoms with Crippen LogP contribution in [0.4, 0.5) is 5.69 Å². The minimum atomic E-state index is -0.778. The third-order valence-electron chi connectivity index (χ3n) is 4.28. The molecule has 3 rings (SSSR count). The van der Waals surface area contributed by atoms with Crippen molar-refractivity contribution in [1.82, 2.24) is 0 Å². The van der Waals surface area contributed by atoms with Crippen LogP contribution < -0.4 is 10.1 Å². The molecule has 0 aromatic heterocycles. The highest BCUT2D eigenvalue weighted by Crippen LogP contribution is 2.15. The number of hydrogen-bond donors (Lipinski definition) is 3. The van der Waals surface area contributed by atoms with E-state index in [2.05, 4.69) is 24.4 Å². The highest BCUT2D eigenvalue weighted by molar-refractivity contribution is 5.67. The molecule has 0 amide bonds. The molecule has 0 spiro atoms. The summed E-state index contributed by atoms with van der Waals surface area (Å²) in [5.74, 6) is -0.0275. The van der Waals surface area contributed by atoms with Gasteiger partial charge in [-0.1, -0.05) is 87.9 Å². The second-order valence-electron chi connectivity index (χ2n) is 6.76. The van der Waals surface area contributed by atoms with Gasteiger partial charge in [0.15, 0.2) is 0 Å². The van der Waals surface area contributed by atoms with E-state index in [1.165, 1.54) is 11.8 Å². The highest BCUT2D eigenvalue weighted by Gasteiger charge is 2.00. The van der Waals surface area contributed by atoms with Gasteiger partial charge < -0.3 is 20.6 Å². The van der Waals surface area contributed by atoms with E-state index in [0.717, 1.165) is 22.6 Å². The summed E-state index contributed by atoms with van der Waals surface area (Å²) in [4.78, 5) is 10.5. The predicted octanol–water partition coefficient (Wildman–Crippen LogP) is 7.39. The lowest BCUT2D eigenvalue weighted by molar-refractivity contribution is -0.136. The number of anilines is 1. The van der Waals surface area contributed by atoms with Crippen molar-refractivity contribution in [3.8, 4) is 5.75 Å². The fourth-order valence-corrected chi connectivity index (χ4v) is 2.62. The van der Waals surface area contributed by atoms with Crippen LogP contribution in [0, 0.1) is 12.3 Å². The number of rotatable bonds is 9. The number of hydrogen-bond acceptors (Lipinski definition) is 4. The molecule has 3 aromatic rings. The molecule has 3 aromatic carbocycles. The lowest BCUT2D eigenvalue weighted by atomic mass is 10.1. The fourth-order valence-electron chi connectivity index (χ4n) is 2.62. The number of ether oxygens (including phenoxy) is 1. The van der Waals surface area contributed by atoms with Gasteiger partial charge >= 0.3 is 5.97 Å². The van der Waals surface area contributed by atoms with Gasteiger partial charge in [-0.3, -0.25) is 4.79 Å². The Labute approximate surface area is 205 Å². The van der Waals surface area contributed by atoms with E-state index in [0.29, 0.717) is 13.0 Å². The second kappa shape index (κ2) is 20.0. The van der Waals surface area contributed by atoms with E-state index < -0.39 is 5.97 Å². The molecule has 5 heteroatoms. The van der Waals surface area contributed by atoms with Gasteiger partial charge in [0.2, 0.25) is 0 Å². The van der Waals surface area contributed by atoms with Gasteiger partial charge in [-0.05, 0) is 48.7 Å². The Bertz CT molecular complexity index is 893. The van der Waals surface area contributed by atoms with Crippen LogP contribution >= 0.6 is 0 Å². The van der Waals surface area contributed by atoms with Crippen molar-refractivity contribution in [2.24, 2.45) is 0 Å². The summed E-state index contributed by atoms with van der Waals surface area (Å²) in [6, 6.07) is 25.8. The Morgan fingerprint density at radius 3 is 1.91 bits per heavy atom. The number of carboxylic acids is 1. The molecule has 0 saturated heterocycles. The fraction of sp³-hybridized carbons (Fsp3) is 0.310. The molecule has 0 bridgehead atoms. The summed E-state index contributed by atoms with van der Waals surface area (Å²) in [5.41, 5.74) is 4.46. The quantitative estimate of drug-likeness (QED) is 0.288. The first-order valence-electron chi connectivity index (χ1n) is 11.8. The topological polar surface area (TPSA) is 82.4 Å². The summed E-state index contributed by atoms with van der Waals surface area (Å²) >= 11 is 0. The number of nitrogens with one attached hydrogen (secondary N) is 2. The van der Waals surface area contributed by atoms with Crippen molar-refractivity contribution >= 4 is 17.9 Å². The standard InChI is InChI=1S/C18H20N2O3.C7H8.2C2H6/c19-11-12-23-17-8-3-15(4-9-17)13-20-16-6-1-14(2-7-16)5-10-18(21)22;1-7-5-3-2-4-6-7;2*1-2/h1-4,6-9,11,19-20H,5,10,12-13H2,(H,21,22);2-6H,1H3;2*1-2H3. The lowest BCUT2D eigenvalue weighted by Crippen LogP contribution is -2.01. The molecule has 0 unspecified atom stereocenters. The first-order valence-corrected chi connectivity index (χ1v) is 11.8. The second-order valence-corrected chi connectivity index (χ2v) is 6.76. The van der Waals surface area contributed by atoms with E-state index in [1.807, 2.05) is 94.4 Å². The summed E-state index contributed by atoms with van der Waals surface area (Å²) in [7, 11) is 0. The summed E-state index contributed by atoms with van der Waals surface area (Å²) < 4.78 is 5.32. The van der Waals surface area contributed by atoms with Crippen molar-refractivity contribution in [3.63, 3.8) is 0 Å². The third-order valence-corrected chi connectivity index (χ3v) is 4.28. The lowest BCUT2D eigenvalue weighted by Gasteiger charge is -2.08. The molecule has 3 N–H and O–H groups in total. The van der Waals surface area contributed by atoms with E-state index >= 15 is 0 Å². The van der Waals surface area contributed by atoms with Gasteiger partial charge in [-0.15, -0.1) is 0 Å². The molecule has 0 aliphatic rings. The average Bonchev–Trinajstić information content (AvgIpc) is 2.89. The number of carbonyl (C=O) groups is 1. The number of carboxylic acid groups (broad SMARTS) is 1. The molecule has 0 fully saturated rings. The minimum Gasteiger partial charge on any atom is -0.488 e. The van der Waals surface area contributed by atoms with Crippen molar-refractivity contribution in [2.75, 3.05) is 11.9 Å². The number of aliphatic carboxylic acids is 1. The van der Waals surface area contributed by atoms with E-state index in [-0.39, 0.29) is 13.0 Å². The highest BCUT2D eigenvalue weighted by atomic mass is 16.5. The summed E-state index contributed by atoms with van der Waals surface area (Å²) in [5, 5.41) is 18.9. The zero-order chi connectivity index (χ0) is 25.6. The normalized spacial score (nSPS) is 8.97. The molecule has 5 nitrogen and oxygen atoms in total. The van der Waals surface area contributed by atoms with Gasteiger partial charge in [0.1, 0.15) is 12.4 Å². The Balaban J connectivity index is 0.000000826. The maximum atomic E-state index is 10.5. The molecule has 0 saturated carbocycles. The van der Waals surface area contributed by atoms with E-state index in [4.69, 9.17) is 15.3 Å². The first-order chi connectivity index (χ1) is 16.6. The monoisotopic (exact) mass is 464 g/mol. The zero-order valence-corrected chi connectivity index (χ0v) is 21.2. The van der Waals surface area contributed by atoms with E-state index in [9.17, 15) is 4.79 Å². The van der Waals surface area contributed by atoms with Crippen LogP contribution in [0.3, 0.4) is 0 Å². The Hall–Kier alpha value is -3.60. The van der Waals surface area contributed by atoms with Crippen molar-refractivity contribution in [1.29, 1.82) is 5.41 Å². The molecule has 0 aliphatic carbocycles. The zero-order valence-electron chi connectivity index (χ0n) is 21.2. The Kier molecular flexibility index (Phi) is 17.9. The van der Waals surface area contributed by atoms with Gasteiger partial charge in [-0.2, -0.15) is 0 Å². The predicted molar refractivity (Wildman–Crippen MR) is 144 cm³/mol. The maximum absolute atomic E-state index is 10.5. The smallest absolute Gasteiger partial charge is 0.303 e.